The highest BCUT2D eigenvalue weighted by atomic mass is 32.1. The van der Waals surface area contributed by atoms with Crippen LogP contribution in [0.3, 0.4) is 0 Å². The van der Waals surface area contributed by atoms with Crippen LogP contribution < -0.4 is 0 Å². The Balaban J connectivity index is 1.22. The predicted molar refractivity (Wildman–Crippen MR) is 142 cm³/mol. The minimum atomic E-state index is 0.251. The van der Waals surface area contributed by atoms with Crippen molar-refractivity contribution >= 4 is 11.3 Å². The standard InChI is InChI=1S/C29H43N3S/c1-28(2)12-13-29(3,4)25-20-23(8-9-24(25)28)26-21-33-27(30-26)22-10-16-32(17-11-22)19-18-31-14-6-5-7-15-31/h8-9,20-22H,5-7,10-19H2,1-4H3. The highest BCUT2D eigenvalue weighted by Gasteiger charge is 2.37. The van der Waals surface area contributed by atoms with Gasteiger partial charge in [0.05, 0.1) is 10.7 Å². The van der Waals surface area contributed by atoms with Gasteiger partial charge < -0.3 is 9.80 Å². The summed E-state index contributed by atoms with van der Waals surface area (Å²) in [6, 6.07) is 7.17. The maximum atomic E-state index is 5.17. The lowest BCUT2D eigenvalue weighted by atomic mass is 9.63. The van der Waals surface area contributed by atoms with Gasteiger partial charge in [-0.15, -0.1) is 11.3 Å². The third-order valence-corrected chi connectivity index (χ3v) is 9.80. The Bertz CT molecular complexity index is 946. The smallest absolute Gasteiger partial charge is 0.0964 e. The van der Waals surface area contributed by atoms with Crippen molar-refractivity contribution in [2.24, 2.45) is 0 Å². The third kappa shape index (κ3) is 5.09. The summed E-state index contributed by atoms with van der Waals surface area (Å²) in [4.78, 5) is 10.5. The van der Waals surface area contributed by atoms with Crippen LogP contribution in [0.4, 0.5) is 0 Å². The van der Waals surface area contributed by atoms with Gasteiger partial charge in [0.1, 0.15) is 0 Å². The SMILES string of the molecule is CC1(C)CCC(C)(C)c2cc(-c3csc(C4CCN(CCN5CCCCC5)CC4)n3)ccc21. The maximum absolute atomic E-state index is 5.17. The van der Waals surface area contributed by atoms with Crippen LogP contribution in [0.2, 0.25) is 0 Å². The van der Waals surface area contributed by atoms with Crippen LogP contribution in [0.1, 0.15) is 94.7 Å². The van der Waals surface area contributed by atoms with Gasteiger partial charge in [0.25, 0.3) is 0 Å². The van der Waals surface area contributed by atoms with E-state index in [0.29, 0.717) is 5.92 Å². The molecule has 0 N–H and O–H groups in total. The van der Waals surface area contributed by atoms with Crippen LogP contribution in [0.25, 0.3) is 11.3 Å². The first-order valence-corrected chi connectivity index (χ1v) is 14.3. The number of aromatic nitrogens is 1. The largest absolute Gasteiger partial charge is 0.302 e. The van der Waals surface area contributed by atoms with E-state index in [1.165, 1.54) is 112 Å². The Morgan fingerprint density at radius 1 is 0.848 bits per heavy atom. The summed E-state index contributed by atoms with van der Waals surface area (Å²) in [6.07, 6.45) is 9.27. The summed E-state index contributed by atoms with van der Waals surface area (Å²) in [5.74, 6) is 0.642. The Morgan fingerprint density at radius 3 is 2.18 bits per heavy atom. The molecule has 33 heavy (non-hydrogen) atoms. The van der Waals surface area contributed by atoms with Crippen molar-refractivity contribution < 1.29 is 0 Å². The van der Waals surface area contributed by atoms with Gasteiger partial charge in [-0.1, -0.05) is 46.2 Å². The molecule has 1 aliphatic carbocycles. The number of hydrogen-bond donors (Lipinski definition) is 0. The van der Waals surface area contributed by atoms with Crippen LogP contribution in [0, 0.1) is 0 Å². The fraction of sp³-hybridized carbons (Fsp3) is 0.690. The number of rotatable bonds is 5. The Morgan fingerprint density at radius 2 is 1.48 bits per heavy atom. The normalized spacial score (nSPS) is 24.0. The van der Waals surface area contributed by atoms with E-state index in [1.54, 1.807) is 0 Å². The molecule has 0 saturated carbocycles. The highest BCUT2D eigenvalue weighted by Crippen LogP contribution is 2.47. The molecule has 4 heteroatoms. The van der Waals surface area contributed by atoms with E-state index in [4.69, 9.17) is 4.98 Å². The molecule has 3 heterocycles. The molecule has 0 bridgehead atoms. The lowest BCUT2D eigenvalue weighted by Gasteiger charge is -2.42. The lowest BCUT2D eigenvalue weighted by Crippen LogP contribution is -2.40. The van der Waals surface area contributed by atoms with E-state index >= 15 is 0 Å². The van der Waals surface area contributed by atoms with Crippen molar-refractivity contribution in [1.82, 2.24) is 14.8 Å². The first kappa shape index (κ1) is 23.5. The third-order valence-electron chi connectivity index (χ3n) is 8.79. The number of fused-ring (bicyclic) bond motifs is 1. The average Bonchev–Trinajstić information content (AvgIpc) is 3.32. The zero-order valence-electron chi connectivity index (χ0n) is 21.3. The molecular weight excluding hydrogens is 422 g/mol. The molecule has 3 aliphatic rings. The molecular formula is C29H43N3S. The summed E-state index contributed by atoms with van der Waals surface area (Å²) >= 11 is 1.89. The molecule has 0 unspecified atom stereocenters. The highest BCUT2D eigenvalue weighted by molar-refractivity contribution is 7.10. The van der Waals surface area contributed by atoms with E-state index in [0.717, 1.165) is 0 Å². The quantitative estimate of drug-likeness (QED) is 0.483. The zero-order chi connectivity index (χ0) is 23.1. The molecule has 180 valence electrons. The Hall–Kier alpha value is -1.23. The molecule has 0 amide bonds. The van der Waals surface area contributed by atoms with Crippen molar-refractivity contribution in [2.45, 2.75) is 89.4 Å². The molecule has 2 aliphatic heterocycles. The van der Waals surface area contributed by atoms with E-state index in [2.05, 4.69) is 61.1 Å². The number of piperidine rings is 2. The van der Waals surface area contributed by atoms with E-state index < -0.39 is 0 Å². The second-order valence-corrected chi connectivity index (χ2v) is 13.0. The fourth-order valence-electron chi connectivity index (χ4n) is 6.23. The molecule has 0 radical (unpaired) electrons. The van der Waals surface area contributed by atoms with Crippen LogP contribution in [0.15, 0.2) is 23.6 Å². The van der Waals surface area contributed by atoms with Crippen LogP contribution in [-0.4, -0.2) is 54.1 Å². The first-order chi connectivity index (χ1) is 15.8. The van der Waals surface area contributed by atoms with Crippen LogP contribution in [-0.2, 0) is 10.8 Å². The lowest BCUT2D eigenvalue weighted by molar-refractivity contribution is 0.159. The zero-order valence-corrected chi connectivity index (χ0v) is 22.1. The van der Waals surface area contributed by atoms with Crippen molar-refractivity contribution in [1.29, 1.82) is 0 Å². The fourth-order valence-corrected chi connectivity index (χ4v) is 7.23. The van der Waals surface area contributed by atoms with E-state index in [9.17, 15) is 0 Å². The minimum absolute atomic E-state index is 0.251. The Kier molecular flexibility index (Phi) is 6.72. The summed E-state index contributed by atoms with van der Waals surface area (Å²) < 4.78 is 0. The summed E-state index contributed by atoms with van der Waals surface area (Å²) in [6.45, 7) is 17.2. The molecule has 2 aromatic rings. The number of likely N-dealkylation sites (tertiary alicyclic amines) is 2. The number of benzene rings is 1. The summed E-state index contributed by atoms with van der Waals surface area (Å²) in [5.41, 5.74) is 6.09. The maximum Gasteiger partial charge on any atom is 0.0964 e. The van der Waals surface area contributed by atoms with Crippen molar-refractivity contribution in [3.8, 4) is 11.3 Å². The van der Waals surface area contributed by atoms with Crippen LogP contribution in [0.5, 0.6) is 0 Å². The van der Waals surface area contributed by atoms with Gasteiger partial charge in [-0.2, -0.15) is 0 Å². The first-order valence-electron chi connectivity index (χ1n) is 13.4. The summed E-state index contributed by atoms with van der Waals surface area (Å²) in [7, 11) is 0. The molecule has 2 saturated heterocycles. The topological polar surface area (TPSA) is 19.4 Å². The van der Waals surface area contributed by atoms with Crippen molar-refractivity contribution in [3.05, 3.63) is 39.7 Å². The molecule has 1 aromatic carbocycles. The van der Waals surface area contributed by atoms with Gasteiger partial charge in [0.15, 0.2) is 0 Å². The monoisotopic (exact) mass is 465 g/mol. The van der Waals surface area contributed by atoms with E-state index in [-0.39, 0.29) is 10.8 Å². The van der Waals surface area contributed by atoms with Gasteiger partial charge in [-0.05, 0) is 92.7 Å². The average molecular weight is 466 g/mol. The second kappa shape index (κ2) is 9.43. The van der Waals surface area contributed by atoms with Gasteiger partial charge in [-0.25, -0.2) is 4.98 Å². The van der Waals surface area contributed by atoms with Gasteiger partial charge >= 0.3 is 0 Å². The molecule has 0 atom stereocenters. The van der Waals surface area contributed by atoms with Gasteiger partial charge in [0, 0.05) is 30.0 Å². The number of nitrogens with zero attached hydrogens (tertiary/aromatic N) is 3. The van der Waals surface area contributed by atoms with E-state index in [1.807, 2.05) is 11.3 Å². The predicted octanol–water partition coefficient (Wildman–Crippen LogP) is 6.82. The molecule has 3 nitrogen and oxygen atoms in total. The van der Waals surface area contributed by atoms with Gasteiger partial charge in [0.2, 0.25) is 0 Å². The van der Waals surface area contributed by atoms with Gasteiger partial charge in [-0.3, -0.25) is 0 Å². The second-order valence-electron chi connectivity index (χ2n) is 12.1. The molecule has 1 aromatic heterocycles. The Labute approximate surface area is 205 Å². The van der Waals surface area contributed by atoms with Crippen LogP contribution >= 0.6 is 11.3 Å². The molecule has 2 fully saturated rings. The minimum Gasteiger partial charge on any atom is -0.302 e. The number of hydrogen-bond acceptors (Lipinski definition) is 4. The van der Waals surface area contributed by atoms with Crippen molar-refractivity contribution in [2.75, 3.05) is 39.3 Å². The molecule has 0 spiro atoms. The van der Waals surface area contributed by atoms with Crippen molar-refractivity contribution in [3.63, 3.8) is 0 Å². The number of thiazole rings is 1. The summed E-state index contributed by atoms with van der Waals surface area (Å²) in [5, 5.41) is 3.67. The molecule has 5 rings (SSSR count).